The number of hydrogen-bond donors (Lipinski definition) is 1. The maximum Gasteiger partial charge on any atom is 0.245 e. The Morgan fingerprint density at radius 3 is 2.70 bits per heavy atom. The second kappa shape index (κ2) is 6.37. The van der Waals surface area contributed by atoms with Crippen LogP contribution in [0.1, 0.15) is 18.9 Å². The maximum absolute atomic E-state index is 12.5. The van der Waals surface area contributed by atoms with Gasteiger partial charge in [-0.05, 0) is 12.5 Å². The van der Waals surface area contributed by atoms with E-state index in [2.05, 4.69) is 11.9 Å². The molecular formula is C16H20N2O2. The number of carbonyl (C=O) groups excluding carboxylic acids is 2. The SMILES string of the molecule is C=C(C)CN1CCC(=O)NC(Cc2ccccc2)C1=O. The van der Waals surface area contributed by atoms with Crippen LogP contribution in [-0.4, -0.2) is 35.8 Å². The molecule has 0 saturated carbocycles. The zero-order valence-electron chi connectivity index (χ0n) is 11.8. The molecule has 2 rings (SSSR count). The average molecular weight is 272 g/mol. The van der Waals surface area contributed by atoms with Gasteiger partial charge < -0.3 is 10.2 Å². The first-order valence-corrected chi connectivity index (χ1v) is 6.82. The number of amides is 2. The van der Waals surface area contributed by atoms with Gasteiger partial charge in [-0.3, -0.25) is 9.59 Å². The Morgan fingerprint density at radius 1 is 1.35 bits per heavy atom. The molecule has 1 aromatic carbocycles. The smallest absolute Gasteiger partial charge is 0.245 e. The average Bonchev–Trinajstić information content (AvgIpc) is 2.53. The van der Waals surface area contributed by atoms with Crippen LogP contribution in [0.25, 0.3) is 0 Å². The standard InChI is InChI=1S/C16H20N2O2/c1-12(2)11-18-9-8-15(19)17-14(16(18)20)10-13-6-4-3-5-7-13/h3-7,14H,1,8-11H2,2H3,(H,17,19). The monoisotopic (exact) mass is 272 g/mol. The lowest BCUT2D eigenvalue weighted by atomic mass is 10.0. The molecule has 20 heavy (non-hydrogen) atoms. The highest BCUT2D eigenvalue weighted by molar-refractivity contribution is 5.90. The van der Waals surface area contributed by atoms with Gasteiger partial charge in [-0.1, -0.05) is 42.5 Å². The van der Waals surface area contributed by atoms with E-state index >= 15 is 0 Å². The van der Waals surface area contributed by atoms with Gasteiger partial charge in [0.2, 0.25) is 11.8 Å². The third-order valence-electron chi connectivity index (χ3n) is 3.30. The van der Waals surface area contributed by atoms with Crippen LogP contribution in [0.3, 0.4) is 0 Å². The highest BCUT2D eigenvalue weighted by Crippen LogP contribution is 2.11. The van der Waals surface area contributed by atoms with Crippen LogP contribution in [0.4, 0.5) is 0 Å². The van der Waals surface area contributed by atoms with E-state index in [1.165, 1.54) is 0 Å². The summed E-state index contributed by atoms with van der Waals surface area (Å²) in [6.45, 7) is 6.71. The van der Waals surface area contributed by atoms with Gasteiger partial charge in [0.05, 0.1) is 0 Å². The Kier molecular flexibility index (Phi) is 4.56. The van der Waals surface area contributed by atoms with Crippen molar-refractivity contribution in [2.45, 2.75) is 25.8 Å². The summed E-state index contributed by atoms with van der Waals surface area (Å²) in [5, 5.41) is 2.82. The van der Waals surface area contributed by atoms with Crippen molar-refractivity contribution in [1.29, 1.82) is 0 Å². The van der Waals surface area contributed by atoms with Gasteiger partial charge in [0.1, 0.15) is 6.04 Å². The molecule has 0 spiro atoms. The summed E-state index contributed by atoms with van der Waals surface area (Å²) in [7, 11) is 0. The molecule has 4 heteroatoms. The van der Waals surface area contributed by atoms with Gasteiger partial charge in [0.15, 0.2) is 0 Å². The first-order valence-electron chi connectivity index (χ1n) is 6.82. The zero-order valence-corrected chi connectivity index (χ0v) is 11.8. The predicted molar refractivity (Wildman–Crippen MR) is 78.1 cm³/mol. The van der Waals surface area contributed by atoms with E-state index in [9.17, 15) is 9.59 Å². The molecule has 1 unspecified atom stereocenters. The lowest BCUT2D eigenvalue weighted by molar-refractivity contribution is -0.133. The maximum atomic E-state index is 12.5. The van der Waals surface area contributed by atoms with Gasteiger partial charge in [-0.15, -0.1) is 0 Å². The summed E-state index contributed by atoms with van der Waals surface area (Å²) in [4.78, 5) is 26.0. The number of nitrogens with one attached hydrogen (secondary N) is 1. The number of carbonyl (C=O) groups is 2. The van der Waals surface area contributed by atoms with Crippen LogP contribution in [0.15, 0.2) is 42.5 Å². The highest BCUT2D eigenvalue weighted by atomic mass is 16.2. The fourth-order valence-corrected chi connectivity index (χ4v) is 2.37. The van der Waals surface area contributed by atoms with Gasteiger partial charge in [0, 0.05) is 25.9 Å². The molecule has 1 fully saturated rings. The summed E-state index contributed by atoms with van der Waals surface area (Å²) in [5.41, 5.74) is 1.97. The molecule has 1 aliphatic rings. The number of hydrogen-bond acceptors (Lipinski definition) is 2. The largest absolute Gasteiger partial charge is 0.344 e. The Balaban J connectivity index is 2.14. The number of benzene rings is 1. The Hall–Kier alpha value is -2.10. The minimum Gasteiger partial charge on any atom is -0.344 e. The summed E-state index contributed by atoms with van der Waals surface area (Å²) < 4.78 is 0. The number of nitrogens with zero attached hydrogens (tertiary/aromatic N) is 1. The van der Waals surface area contributed by atoms with Crippen molar-refractivity contribution in [3.63, 3.8) is 0 Å². The second-order valence-electron chi connectivity index (χ2n) is 5.28. The molecule has 4 nitrogen and oxygen atoms in total. The molecule has 1 atom stereocenters. The van der Waals surface area contributed by atoms with E-state index in [0.717, 1.165) is 11.1 Å². The molecule has 0 aromatic heterocycles. The molecule has 1 heterocycles. The van der Waals surface area contributed by atoms with Crippen molar-refractivity contribution >= 4 is 11.8 Å². The van der Waals surface area contributed by atoms with Crippen molar-refractivity contribution < 1.29 is 9.59 Å². The lowest BCUT2D eigenvalue weighted by Crippen LogP contribution is -2.46. The van der Waals surface area contributed by atoms with Crippen LogP contribution in [0.2, 0.25) is 0 Å². The van der Waals surface area contributed by atoms with Crippen LogP contribution in [0, 0.1) is 0 Å². The van der Waals surface area contributed by atoms with Gasteiger partial charge in [-0.25, -0.2) is 0 Å². The first kappa shape index (κ1) is 14.3. The summed E-state index contributed by atoms with van der Waals surface area (Å²) >= 11 is 0. The Labute approximate surface area is 119 Å². The van der Waals surface area contributed by atoms with E-state index in [4.69, 9.17) is 0 Å². The second-order valence-corrected chi connectivity index (χ2v) is 5.28. The Bertz CT molecular complexity index is 510. The Morgan fingerprint density at radius 2 is 2.05 bits per heavy atom. The van der Waals surface area contributed by atoms with Crippen molar-refractivity contribution in [2.24, 2.45) is 0 Å². The minimum absolute atomic E-state index is 0.0253. The van der Waals surface area contributed by atoms with E-state index in [0.29, 0.717) is 25.9 Å². The molecule has 1 N–H and O–H groups in total. The van der Waals surface area contributed by atoms with Crippen molar-refractivity contribution in [3.05, 3.63) is 48.0 Å². The van der Waals surface area contributed by atoms with Crippen LogP contribution in [0.5, 0.6) is 0 Å². The fourth-order valence-electron chi connectivity index (χ4n) is 2.37. The van der Waals surface area contributed by atoms with Crippen LogP contribution < -0.4 is 5.32 Å². The van der Waals surface area contributed by atoms with E-state index < -0.39 is 6.04 Å². The first-order chi connectivity index (χ1) is 9.56. The molecule has 0 bridgehead atoms. The van der Waals surface area contributed by atoms with Crippen LogP contribution >= 0.6 is 0 Å². The molecule has 2 amide bonds. The summed E-state index contributed by atoms with van der Waals surface area (Å²) in [6.07, 6.45) is 0.877. The van der Waals surface area contributed by atoms with Crippen molar-refractivity contribution in [2.75, 3.05) is 13.1 Å². The van der Waals surface area contributed by atoms with E-state index in [1.54, 1.807) is 4.90 Å². The topological polar surface area (TPSA) is 49.4 Å². The molecular weight excluding hydrogens is 252 g/mol. The van der Waals surface area contributed by atoms with E-state index in [-0.39, 0.29) is 11.8 Å². The number of rotatable bonds is 4. The predicted octanol–water partition coefficient (Wildman–Crippen LogP) is 1.52. The fraction of sp³-hybridized carbons (Fsp3) is 0.375. The summed E-state index contributed by atoms with van der Waals surface area (Å²) in [6, 6.07) is 9.26. The zero-order chi connectivity index (χ0) is 14.5. The quantitative estimate of drug-likeness (QED) is 0.845. The van der Waals surface area contributed by atoms with Crippen LogP contribution in [-0.2, 0) is 16.0 Å². The molecule has 0 aliphatic carbocycles. The molecule has 1 aromatic rings. The summed E-state index contributed by atoms with van der Waals surface area (Å²) in [5.74, 6) is -0.0915. The molecule has 106 valence electrons. The van der Waals surface area contributed by atoms with Gasteiger partial charge in [-0.2, -0.15) is 0 Å². The van der Waals surface area contributed by atoms with Crippen molar-refractivity contribution in [3.8, 4) is 0 Å². The van der Waals surface area contributed by atoms with Gasteiger partial charge >= 0.3 is 0 Å². The van der Waals surface area contributed by atoms with Gasteiger partial charge in [0.25, 0.3) is 0 Å². The lowest BCUT2D eigenvalue weighted by Gasteiger charge is -2.24. The van der Waals surface area contributed by atoms with E-state index in [1.807, 2.05) is 37.3 Å². The third-order valence-corrected chi connectivity index (χ3v) is 3.30. The van der Waals surface area contributed by atoms with Crippen molar-refractivity contribution in [1.82, 2.24) is 10.2 Å². The molecule has 0 radical (unpaired) electrons. The molecule has 1 saturated heterocycles. The third kappa shape index (κ3) is 3.70. The normalized spacial score (nSPS) is 19.4. The minimum atomic E-state index is -0.480. The highest BCUT2D eigenvalue weighted by Gasteiger charge is 2.29. The molecule has 1 aliphatic heterocycles.